The quantitative estimate of drug-likeness (QED) is 0.393. The van der Waals surface area contributed by atoms with Crippen LogP contribution < -0.4 is 5.32 Å². The Morgan fingerprint density at radius 2 is 1.84 bits per heavy atom. The van der Waals surface area contributed by atoms with Gasteiger partial charge in [-0.2, -0.15) is 0 Å². The molecule has 1 atom stereocenters. The third-order valence-corrected chi connectivity index (χ3v) is 7.74. The Kier molecular flexibility index (Phi) is 7.07. The molecule has 0 bridgehead atoms. The number of carbonyl (C=O) groups excluding carboxylic acids is 2. The van der Waals surface area contributed by atoms with Crippen molar-refractivity contribution in [1.29, 1.82) is 5.41 Å². The number of β-amino-alcohol motifs (C(OH)–C–C–N with tert-alkyl or cyclic N) is 1. The number of carbonyl (C=O) groups is 3. The van der Waals surface area contributed by atoms with Crippen molar-refractivity contribution in [3.8, 4) is 0 Å². The Hall–Kier alpha value is -3.56. The van der Waals surface area contributed by atoms with Gasteiger partial charge in [0.25, 0.3) is 5.91 Å². The number of allylic oxidation sites excluding steroid dienone is 2. The van der Waals surface area contributed by atoms with Gasteiger partial charge in [-0.1, -0.05) is 23.7 Å². The molecule has 3 aliphatic rings. The summed E-state index contributed by atoms with van der Waals surface area (Å²) in [7, 11) is 0. The van der Waals surface area contributed by atoms with Gasteiger partial charge in [-0.3, -0.25) is 15.0 Å². The minimum absolute atomic E-state index is 0.0937. The minimum Gasteiger partial charge on any atom is -0.478 e. The summed E-state index contributed by atoms with van der Waals surface area (Å²) in [6, 6.07) is 8.64. The molecule has 2 aromatic carbocycles. The van der Waals surface area contributed by atoms with Gasteiger partial charge in [0.05, 0.1) is 28.0 Å². The number of nitrogens with zero attached hydrogens (tertiary/aromatic N) is 1. The molecule has 5 rings (SSSR count). The number of amides is 2. The van der Waals surface area contributed by atoms with Crippen LogP contribution in [0.4, 0.5) is 4.39 Å². The van der Waals surface area contributed by atoms with Crippen LogP contribution in [0.25, 0.3) is 0 Å². The van der Waals surface area contributed by atoms with Crippen LogP contribution in [0.2, 0.25) is 5.02 Å². The highest BCUT2D eigenvalue weighted by atomic mass is 35.5. The van der Waals surface area contributed by atoms with Crippen molar-refractivity contribution in [2.45, 2.75) is 44.1 Å². The maximum absolute atomic E-state index is 14.9. The van der Waals surface area contributed by atoms with Crippen molar-refractivity contribution in [1.82, 2.24) is 10.2 Å². The fourth-order valence-electron chi connectivity index (χ4n) is 5.18. The second-order valence-corrected chi connectivity index (χ2v) is 10.5. The van der Waals surface area contributed by atoms with Crippen LogP contribution in [0.15, 0.2) is 47.7 Å². The molecular formula is C28H27ClFN3O5. The molecule has 1 aliphatic heterocycles. The lowest BCUT2D eigenvalue weighted by Gasteiger charge is -2.39. The van der Waals surface area contributed by atoms with Crippen molar-refractivity contribution >= 4 is 35.1 Å². The predicted octanol–water partition coefficient (Wildman–Crippen LogP) is 4.11. The predicted molar refractivity (Wildman–Crippen MR) is 138 cm³/mol. The summed E-state index contributed by atoms with van der Waals surface area (Å²) in [6.07, 6.45) is 2.13. The molecule has 0 spiro atoms. The van der Waals surface area contributed by atoms with Gasteiger partial charge in [0.1, 0.15) is 5.82 Å². The number of hydrogen-bond donors (Lipinski definition) is 4. The van der Waals surface area contributed by atoms with E-state index in [1.54, 1.807) is 17.0 Å². The van der Waals surface area contributed by atoms with Gasteiger partial charge in [-0.05, 0) is 73.4 Å². The van der Waals surface area contributed by atoms with Crippen LogP contribution in [0.5, 0.6) is 0 Å². The molecule has 2 amide bonds. The van der Waals surface area contributed by atoms with Crippen LogP contribution in [0, 0.1) is 17.1 Å². The summed E-state index contributed by atoms with van der Waals surface area (Å²) >= 11 is 6.43. The molecule has 38 heavy (non-hydrogen) atoms. The maximum atomic E-state index is 14.9. The van der Waals surface area contributed by atoms with E-state index in [9.17, 15) is 23.9 Å². The van der Waals surface area contributed by atoms with Crippen molar-refractivity contribution in [3.63, 3.8) is 0 Å². The monoisotopic (exact) mass is 539 g/mol. The normalized spacial score (nSPS) is 19.7. The van der Waals surface area contributed by atoms with Gasteiger partial charge in [-0.25, -0.2) is 9.18 Å². The Morgan fingerprint density at radius 3 is 2.47 bits per heavy atom. The number of carboxylic acids is 1. The van der Waals surface area contributed by atoms with Gasteiger partial charge in [-0.15, -0.1) is 0 Å². The first-order valence-corrected chi connectivity index (χ1v) is 12.9. The van der Waals surface area contributed by atoms with Crippen molar-refractivity contribution in [3.05, 3.63) is 80.8 Å². The topological polar surface area (TPSA) is 131 Å². The van der Waals surface area contributed by atoms with Gasteiger partial charge < -0.3 is 20.4 Å². The third-order valence-electron chi connectivity index (χ3n) is 7.42. The van der Waals surface area contributed by atoms with E-state index in [1.807, 2.05) is 6.07 Å². The highest BCUT2D eigenvalue weighted by molar-refractivity contribution is 6.34. The molecule has 1 heterocycles. The standard InChI is InChI=1S/C28H27ClFN3O5/c29-21-3-1-2-18(14-4-5-14)24(21)26(35)32-23-11-15(27(36)33-12-17(34)13-33)6-9-20(23)25(31)19-8-7-16(28(37)38)10-22(19)30/h1-3,7-8,10,14-15,17,31,34H,4-6,9,11-13H2,(H,32,35)(H,37,38)/t15-/m0/s1. The molecule has 8 nitrogen and oxygen atoms in total. The van der Waals surface area contributed by atoms with Crippen LogP contribution in [0.1, 0.15) is 69.9 Å². The molecule has 0 unspecified atom stereocenters. The number of likely N-dealkylation sites (tertiary alicyclic amines) is 1. The van der Waals surface area contributed by atoms with Gasteiger partial charge >= 0.3 is 5.97 Å². The fraction of sp³-hybridized carbons (Fsp3) is 0.357. The van der Waals surface area contributed by atoms with E-state index in [0.717, 1.165) is 24.5 Å². The third kappa shape index (κ3) is 5.08. The maximum Gasteiger partial charge on any atom is 0.335 e. The minimum atomic E-state index is -1.28. The second kappa shape index (κ2) is 10.3. The zero-order chi connectivity index (χ0) is 27.1. The molecule has 1 saturated heterocycles. The molecule has 4 N–H and O–H groups in total. The summed E-state index contributed by atoms with van der Waals surface area (Å²) in [4.78, 5) is 39.3. The summed E-state index contributed by atoms with van der Waals surface area (Å²) in [6.45, 7) is 0.518. The van der Waals surface area contributed by atoms with E-state index in [0.29, 0.717) is 28.3 Å². The molecule has 0 radical (unpaired) electrons. The zero-order valence-electron chi connectivity index (χ0n) is 20.5. The molecule has 1 saturated carbocycles. The number of carboxylic acid groups (broad SMARTS) is 1. The van der Waals surface area contributed by atoms with E-state index in [-0.39, 0.29) is 54.6 Å². The zero-order valence-corrected chi connectivity index (χ0v) is 21.2. The largest absolute Gasteiger partial charge is 0.478 e. The fourth-order valence-corrected chi connectivity index (χ4v) is 5.44. The number of aromatic carboxylic acids is 1. The molecular weight excluding hydrogens is 513 g/mol. The first-order valence-electron chi connectivity index (χ1n) is 12.5. The number of aliphatic hydroxyl groups excluding tert-OH is 1. The summed E-state index contributed by atoms with van der Waals surface area (Å²) < 4.78 is 14.9. The summed E-state index contributed by atoms with van der Waals surface area (Å²) in [5.74, 6) is -2.95. The highest BCUT2D eigenvalue weighted by Crippen LogP contribution is 2.43. The molecule has 0 aromatic heterocycles. The highest BCUT2D eigenvalue weighted by Gasteiger charge is 2.37. The smallest absolute Gasteiger partial charge is 0.335 e. The number of aliphatic hydroxyl groups is 1. The van der Waals surface area contributed by atoms with Crippen LogP contribution in [0.3, 0.4) is 0 Å². The van der Waals surface area contributed by atoms with E-state index in [1.165, 1.54) is 12.1 Å². The number of rotatable bonds is 7. The summed E-state index contributed by atoms with van der Waals surface area (Å²) in [5, 5.41) is 30.7. The van der Waals surface area contributed by atoms with E-state index < -0.39 is 29.7 Å². The molecule has 2 aromatic rings. The SMILES string of the molecule is N=C(C1=C(NC(=O)c2c(Cl)cccc2C2CC2)C[C@@H](C(=O)N2CC(O)C2)CC1)c1ccc(C(=O)O)cc1F. The lowest BCUT2D eigenvalue weighted by molar-refractivity contribution is -0.146. The average molecular weight is 540 g/mol. The average Bonchev–Trinajstić information content (AvgIpc) is 3.71. The number of benzene rings is 2. The molecule has 198 valence electrons. The summed E-state index contributed by atoms with van der Waals surface area (Å²) in [5.41, 5.74) is 1.42. The van der Waals surface area contributed by atoms with Crippen molar-refractivity contribution in [2.75, 3.05) is 13.1 Å². The van der Waals surface area contributed by atoms with Gasteiger partial charge in [0, 0.05) is 30.3 Å². The van der Waals surface area contributed by atoms with Gasteiger partial charge in [0.2, 0.25) is 5.91 Å². The molecule has 10 heteroatoms. The van der Waals surface area contributed by atoms with E-state index in [2.05, 4.69) is 5.32 Å². The van der Waals surface area contributed by atoms with Gasteiger partial charge in [0.15, 0.2) is 0 Å². The van der Waals surface area contributed by atoms with E-state index >= 15 is 0 Å². The Morgan fingerprint density at radius 1 is 1.11 bits per heavy atom. The first-order chi connectivity index (χ1) is 18.1. The Balaban J connectivity index is 1.48. The van der Waals surface area contributed by atoms with Crippen molar-refractivity contribution < 1.29 is 29.0 Å². The molecule has 2 fully saturated rings. The number of halogens is 2. The number of nitrogens with one attached hydrogen (secondary N) is 2. The second-order valence-electron chi connectivity index (χ2n) is 10.1. The van der Waals surface area contributed by atoms with Crippen LogP contribution in [-0.4, -0.2) is 57.8 Å². The van der Waals surface area contributed by atoms with E-state index in [4.69, 9.17) is 22.1 Å². The van der Waals surface area contributed by atoms with Crippen molar-refractivity contribution in [2.24, 2.45) is 5.92 Å². The molecule has 2 aliphatic carbocycles. The lowest BCUT2D eigenvalue weighted by Crippen LogP contribution is -2.55. The van der Waals surface area contributed by atoms with Crippen LogP contribution >= 0.6 is 11.6 Å². The Labute approximate surface area is 223 Å². The Bertz CT molecular complexity index is 1380. The first kappa shape index (κ1) is 26.1. The van der Waals surface area contributed by atoms with Crippen LogP contribution in [-0.2, 0) is 4.79 Å². The lowest BCUT2D eigenvalue weighted by atomic mass is 9.82. The number of hydrogen-bond acceptors (Lipinski definition) is 5.